The largest absolute Gasteiger partial charge is 0.481 e. The second-order valence-corrected chi connectivity index (χ2v) is 11.2. The first kappa shape index (κ1) is 24.7. The van der Waals surface area contributed by atoms with Gasteiger partial charge in [0.2, 0.25) is 0 Å². The Balaban J connectivity index is 1.37. The molecule has 2 N–H and O–H groups in total. The number of halogens is 2. The van der Waals surface area contributed by atoms with Crippen LogP contribution in [0.5, 0.6) is 0 Å². The highest BCUT2D eigenvalue weighted by molar-refractivity contribution is 6.32. The second-order valence-electron chi connectivity index (χ2n) is 10.9. The van der Waals surface area contributed by atoms with E-state index >= 15 is 0 Å². The van der Waals surface area contributed by atoms with Crippen molar-refractivity contribution >= 4 is 28.9 Å². The zero-order valence-corrected chi connectivity index (χ0v) is 22.1. The molecule has 2 aromatic heterocycles. The Labute approximate surface area is 226 Å². The van der Waals surface area contributed by atoms with Crippen LogP contribution in [0.4, 0.5) is 4.39 Å². The van der Waals surface area contributed by atoms with E-state index < -0.39 is 11.4 Å². The summed E-state index contributed by atoms with van der Waals surface area (Å²) in [5.74, 6) is -1.02. The fourth-order valence-electron chi connectivity index (χ4n) is 5.61. The average molecular weight is 530 g/mol. The van der Waals surface area contributed by atoms with Crippen molar-refractivity contribution in [2.75, 3.05) is 0 Å². The minimum Gasteiger partial charge on any atom is -0.481 e. The molecular formula is C31H29ClFN3O2. The van der Waals surface area contributed by atoms with Gasteiger partial charge in [-0.05, 0) is 80.9 Å². The highest BCUT2D eigenvalue weighted by Crippen LogP contribution is 2.43. The Morgan fingerprint density at radius 3 is 2.50 bits per heavy atom. The van der Waals surface area contributed by atoms with E-state index in [1.54, 1.807) is 6.07 Å². The first-order valence-electron chi connectivity index (χ1n) is 13.0. The van der Waals surface area contributed by atoms with E-state index in [1.165, 1.54) is 11.6 Å². The molecule has 5 nitrogen and oxygen atoms in total. The summed E-state index contributed by atoms with van der Waals surface area (Å²) >= 11 is 6.85. The van der Waals surface area contributed by atoms with Gasteiger partial charge >= 0.3 is 5.97 Å². The molecule has 2 saturated carbocycles. The van der Waals surface area contributed by atoms with E-state index in [-0.39, 0.29) is 11.9 Å². The Bertz CT molecular complexity index is 1610. The van der Waals surface area contributed by atoms with Crippen LogP contribution in [0.2, 0.25) is 5.15 Å². The number of carboxylic acid groups (broad SMARTS) is 1. The number of hydrogen-bond acceptors (Lipinski definition) is 3. The van der Waals surface area contributed by atoms with E-state index in [1.807, 2.05) is 66.9 Å². The summed E-state index contributed by atoms with van der Waals surface area (Å²) in [5.41, 5.74) is 6.97. The van der Waals surface area contributed by atoms with Gasteiger partial charge in [-0.15, -0.1) is 0 Å². The van der Waals surface area contributed by atoms with Gasteiger partial charge in [0, 0.05) is 34.6 Å². The van der Waals surface area contributed by atoms with Crippen LogP contribution in [0.1, 0.15) is 50.2 Å². The Hall–Kier alpha value is -3.64. The fourth-order valence-corrected chi connectivity index (χ4v) is 5.89. The monoisotopic (exact) mass is 529 g/mol. The molecule has 0 unspecified atom stereocenters. The lowest BCUT2D eigenvalue weighted by Crippen LogP contribution is -2.51. The SMILES string of the molecule is Cc1ccc(-c2ccccc2-c2nc3cc(C(NC4CC(C)(C(=O)O)C4)=C4CCC4)ccn3c2Cl)c(F)c1. The fraction of sp³-hybridized carbons (Fsp3) is 0.290. The van der Waals surface area contributed by atoms with E-state index in [9.17, 15) is 14.3 Å². The molecule has 2 heterocycles. The molecule has 6 rings (SSSR count). The van der Waals surface area contributed by atoms with Gasteiger partial charge in [-0.25, -0.2) is 9.37 Å². The van der Waals surface area contributed by atoms with Gasteiger partial charge in [0.05, 0.1) is 5.41 Å². The van der Waals surface area contributed by atoms with Gasteiger partial charge in [-0.3, -0.25) is 9.20 Å². The van der Waals surface area contributed by atoms with Gasteiger partial charge in [0.25, 0.3) is 0 Å². The predicted molar refractivity (Wildman–Crippen MR) is 148 cm³/mol. The molecule has 0 atom stereocenters. The number of imidazole rings is 1. The van der Waals surface area contributed by atoms with Crippen molar-refractivity contribution in [2.24, 2.45) is 5.41 Å². The van der Waals surface area contributed by atoms with Crippen LogP contribution in [0, 0.1) is 18.2 Å². The van der Waals surface area contributed by atoms with Crippen LogP contribution in [0.25, 0.3) is 33.7 Å². The number of pyridine rings is 1. The van der Waals surface area contributed by atoms with Gasteiger partial charge in [0.1, 0.15) is 22.3 Å². The van der Waals surface area contributed by atoms with Crippen LogP contribution in [0.15, 0.2) is 66.4 Å². The number of aryl methyl sites for hydroxylation is 1. The van der Waals surface area contributed by atoms with E-state index in [4.69, 9.17) is 16.6 Å². The van der Waals surface area contributed by atoms with Gasteiger partial charge in [-0.2, -0.15) is 0 Å². The van der Waals surface area contributed by atoms with Crippen LogP contribution in [0.3, 0.4) is 0 Å². The number of aromatic nitrogens is 2. The lowest BCUT2D eigenvalue weighted by Gasteiger charge is -2.43. The number of fused-ring (bicyclic) bond motifs is 1. The number of nitrogens with one attached hydrogen (secondary N) is 1. The van der Waals surface area contributed by atoms with Crippen LogP contribution < -0.4 is 5.32 Å². The number of hydrogen-bond donors (Lipinski definition) is 2. The lowest BCUT2D eigenvalue weighted by atomic mass is 9.66. The molecule has 38 heavy (non-hydrogen) atoms. The van der Waals surface area contributed by atoms with Crippen molar-refractivity contribution in [3.63, 3.8) is 0 Å². The van der Waals surface area contributed by atoms with Crippen molar-refractivity contribution < 1.29 is 14.3 Å². The minimum atomic E-state index is -0.736. The molecule has 0 amide bonds. The molecule has 0 spiro atoms. The van der Waals surface area contributed by atoms with E-state index in [0.29, 0.717) is 34.9 Å². The van der Waals surface area contributed by atoms with Crippen molar-refractivity contribution in [1.29, 1.82) is 0 Å². The summed E-state index contributed by atoms with van der Waals surface area (Å²) in [7, 11) is 0. The van der Waals surface area contributed by atoms with E-state index in [0.717, 1.165) is 47.2 Å². The summed E-state index contributed by atoms with van der Waals surface area (Å²) in [4.78, 5) is 16.5. The maximum Gasteiger partial charge on any atom is 0.309 e. The number of benzene rings is 2. The standard InChI is InChI=1S/C31H29ClFN3O2/c1-18-10-11-23(25(33)14-18)22-8-3-4-9-24(22)28-29(32)36-13-12-20(15-26(36)35-28)27(19-6-5-7-19)34-21-16-31(2,17-21)30(37)38/h3-4,8-15,21,34H,5-7,16-17H2,1-2H3,(H,37,38). The third-order valence-corrected chi connectivity index (χ3v) is 8.38. The maximum atomic E-state index is 14.9. The van der Waals surface area contributed by atoms with Crippen LogP contribution in [-0.4, -0.2) is 26.5 Å². The molecule has 4 aromatic rings. The molecule has 194 valence electrons. The Kier molecular flexibility index (Phi) is 6.03. The van der Waals surface area contributed by atoms with Crippen LogP contribution >= 0.6 is 11.6 Å². The Morgan fingerprint density at radius 1 is 1.11 bits per heavy atom. The zero-order chi connectivity index (χ0) is 26.6. The molecule has 2 aliphatic carbocycles. The van der Waals surface area contributed by atoms with Crippen LogP contribution in [-0.2, 0) is 4.79 Å². The molecular weight excluding hydrogens is 501 g/mol. The quantitative estimate of drug-likeness (QED) is 0.271. The normalized spacial score (nSPS) is 20.6. The number of nitrogens with zero attached hydrogens (tertiary/aromatic N) is 2. The predicted octanol–water partition coefficient (Wildman–Crippen LogP) is 7.51. The second kappa shape index (κ2) is 9.28. The van der Waals surface area contributed by atoms with Gasteiger partial charge in [0.15, 0.2) is 0 Å². The van der Waals surface area contributed by atoms with Gasteiger partial charge in [-0.1, -0.05) is 48.0 Å². The number of rotatable bonds is 6. The van der Waals surface area contributed by atoms with Crippen molar-refractivity contribution in [3.05, 3.63) is 88.5 Å². The topological polar surface area (TPSA) is 66.6 Å². The summed E-state index contributed by atoms with van der Waals surface area (Å²) in [6.45, 7) is 3.68. The number of aliphatic carboxylic acids is 1. The first-order chi connectivity index (χ1) is 18.2. The molecule has 0 aliphatic heterocycles. The molecule has 7 heteroatoms. The summed E-state index contributed by atoms with van der Waals surface area (Å²) < 4.78 is 16.8. The molecule has 0 bridgehead atoms. The summed E-state index contributed by atoms with van der Waals surface area (Å²) in [6.07, 6.45) is 6.35. The highest BCUT2D eigenvalue weighted by atomic mass is 35.5. The van der Waals surface area contributed by atoms with Crippen molar-refractivity contribution in [2.45, 2.75) is 52.0 Å². The highest BCUT2D eigenvalue weighted by Gasteiger charge is 2.46. The number of carbonyl (C=O) groups is 1. The first-order valence-corrected chi connectivity index (χ1v) is 13.4. The molecule has 0 radical (unpaired) electrons. The zero-order valence-electron chi connectivity index (χ0n) is 21.4. The van der Waals surface area contributed by atoms with E-state index in [2.05, 4.69) is 5.32 Å². The third kappa shape index (κ3) is 4.17. The summed E-state index contributed by atoms with van der Waals surface area (Å²) in [5, 5.41) is 13.6. The molecule has 0 saturated heterocycles. The molecule has 2 fully saturated rings. The maximum absolute atomic E-state index is 14.9. The lowest BCUT2D eigenvalue weighted by molar-refractivity contribution is -0.154. The number of carboxylic acids is 1. The van der Waals surface area contributed by atoms with Crippen molar-refractivity contribution in [1.82, 2.24) is 14.7 Å². The molecule has 2 aliphatic rings. The van der Waals surface area contributed by atoms with Gasteiger partial charge < -0.3 is 10.4 Å². The Morgan fingerprint density at radius 2 is 1.84 bits per heavy atom. The molecule has 2 aromatic carbocycles. The average Bonchev–Trinajstić information content (AvgIpc) is 3.16. The number of allylic oxidation sites excluding steroid dienone is 1. The smallest absolute Gasteiger partial charge is 0.309 e. The minimum absolute atomic E-state index is 0.130. The van der Waals surface area contributed by atoms with Crippen molar-refractivity contribution in [3.8, 4) is 22.4 Å². The summed E-state index contributed by atoms with van der Waals surface area (Å²) in [6, 6.07) is 17.0. The third-order valence-electron chi connectivity index (χ3n) is 8.02.